The number of rotatable bonds is 5. The van der Waals surface area contributed by atoms with Crippen molar-refractivity contribution in [2.45, 2.75) is 13.3 Å². The average molecular weight is 228 g/mol. The fraction of sp³-hybridized carbons (Fsp3) is 0.286. The fourth-order valence-corrected chi connectivity index (χ4v) is 1.87. The number of ketones is 1. The molecular formula is C14H16N2O. The topological polar surface area (TPSA) is 42.0 Å². The minimum atomic E-state index is 0.171. The van der Waals surface area contributed by atoms with Crippen LogP contribution in [0.5, 0.6) is 0 Å². The van der Waals surface area contributed by atoms with Crippen LogP contribution in [0.3, 0.4) is 0 Å². The molecule has 0 aliphatic rings. The van der Waals surface area contributed by atoms with Gasteiger partial charge < -0.3 is 5.32 Å². The predicted molar refractivity (Wildman–Crippen MR) is 69.2 cm³/mol. The molecule has 0 bridgehead atoms. The number of fused-ring (bicyclic) bond motifs is 1. The highest BCUT2D eigenvalue weighted by Gasteiger charge is 2.09. The number of carbonyl (C=O) groups is 1. The molecule has 0 saturated carbocycles. The lowest BCUT2D eigenvalue weighted by Gasteiger charge is -2.05. The predicted octanol–water partition coefficient (Wildman–Crippen LogP) is 2.42. The molecule has 0 spiro atoms. The van der Waals surface area contributed by atoms with Crippen LogP contribution >= 0.6 is 0 Å². The maximum absolute atomic E-state index is 12.1. The Morgan fingerprint density at radius 2 is 2.24 bits per heavy atom. The van der Waals surface area contributed by atoms with Gasteiger partial charge in [-0.2, -0.15) is 0 Å². The summed E-state index contributed by atoms with van der Waals surface area (Å²) in [5.74, 6) is 0.171. The van der Waals surface area contributed by atoms with Crippen molar-refractivity contribution in [3.05, 3.63) is 42.2 Å². The van der Waals surface area contributed by atoms with Crippen molar-refractivity contribution in [2.24, 2.45) is 0 Å². The molecule has 0 radical (unpaired) electrons. The molecular weight excluding hydrogens is 212 g/mol. The van der Waals surface area contributed by atoms with Crippen molar-refractivity contribution in [3.63, 3.8) is 0 Å². The first kappa shape index (κ1) is 11.7. The molecule has 88 valence electrons. The van der Waals surface area contributed by atoms with E-state index in [0.717, 1.165) is 29.4 Å². The van der Waals surface area contributed by atoms with Crippen LogP contribution in [0.25, 0.3) is 10.8 Å². The van der Waals surface area contributed by atoms with Gasteiger partial charge in [0.05, 0.1) is 0 Å². The summed E-state index contributed by atoms with van der Waals surface area (Å²) in [7, 11) is 0. The van der Waals surface area contributed by atoms with Gasteiger partial charge in [0, 0.05) is 36.3 Å². The molecule has 1 N–H and O–H groups in total. The van der Waals surface area contributed by atoms with Gasteiger partial charge in [-0.15, -0.1) is 0 Å². The zero-order valence-corrected chi connectivity index (χ0v) is 9.94. The summed E-state index contributed by atoms with van der Waals surface area (Å²) in [5, 5.41) is 5.17. The van der Waals surface area contributed by atoms with Crippen LogP contribution in [0.4, 0.5) is 0 Å². The summed E-state index contributed by atoms with van der Waals surface area (Å²) < 4.78 is 0. The van der Waals surface area contributed by atoms with E-state index in [4.69, 9.17) is 0 Å². The lowest BCUT2D eigenvalue weighted by molar-refractivity contribution is 0.0984. The maximum Gasteiger partial charge on any atom is 0.164 e. The van der Waals surface area contributed by atoms with E-state index < -0.39 is 0 Å². The SMILES string of the molecule is CCNCCC(=O)c1cccc2ccncc12. The van der Waals surface area contributed by atoms with Gasteiger partial charge in [0.15, 0.2) is 5.78 Å². The van der Waals surface area contributed by atoms with Gasteiger partial charge in [-0.3, -0.25) is 9.78 Å². The molecule has 0 fully saturated rings. The molecule has 3 nitrogen and oxygen atoms in total. The van der Waals surface area contributed by atoms with Gasteiger partial charge in [0.2, 0.25) is 0 Å². The van der Waals surface area contributed by atoms with E-state index in [2.05, 4.69) is 10.3 Å². The van der Waals surface area contributed by atoms with Crippen LogP contribution < -0.4 is 5.32 Å². The van der Waals surface area contributed by atoms with E-state index in [1.807, 2.05) is 31.2 Å². The van der Waals surface area contributed by atoms with Gasteiger partial charge in [-0.25, -0.2) is 0 Å². The van der Waals surface area contributed by atoms with Crippen LogP contribution in [0, 0.1) is 0 Å². The third kappa shape index (κ3) is 2.68. The fourth-order valence-electron chi connectivity index (χ4n) is 1.87. The van der Waals surface area contributed by atoms with Crippen molar-refractivity contribution in [2.75, 3.05) is 13.1 Å². The molecule has 17 heavy (non-hydrogen) atoms. The van der Waals surface area contributed by atoms with Crippen molar-refractivity contribution in [3.8, 4) is 0 Å². The molecule has 3 heteroatoms. The van der Waals surface area contributed by atoms with Crippen molar-refractivity contribution in [1.82, 2.24) is 10.3 Å². The van der Waals surface area contributed by atoms with Gasteiger partial charge in [-0.1, -0.05) is 25.1 Å². The van der Waals surface area contributed by atoms with Crippen molar-refractivity contribution in [1.29, 1.82) is 0 Å². The molecule has 1 aromatic heterocycles. The van der Waals surface area contributed by atoms with E-state index >= 15 is 0 Å². The summed E-state index contributed by atoms with van der Waals surface area (Å²) in [6.07, 6.45) is 4.03. The van der Waals surface area contributed by atoms with Crippen LogP contribution in [0.15, 0.2) is 36.7 Å². The molecule has 0 aliphatic heterocycles. The van der Waals surface area contributed by atoms with Crippen LogP contribution in [-0.4, -0.2) is 23.9 Å². The molecule has 0 aliphatic carbocycles. The quantitative estimate of drug-likeness (QED) is 0.631. The number of benzene rings is 1. The highest BCUT2D eigenvalue weighted by atomic mass is 16.1. The molecule has 0 saturated heterocycles. The Balaban J connectivity index is 2.26. The first-order valence-corrected chi connectivity index (χ1v) is 5.89. The van der Waals surface area contributed by atoms with Crippen molar-refractivity contribution < 1.29 is 4.79 Å². The van der Waals surface area contributed by atoms with Crippen LogP contribution in [-0.2, 0) is 0 Å². The minimum Gasteiger partial charge on any atom is -0.317 e. The number of aromatic nitrogens is 1. The highest BCUT2D eigenvalue weighted by Crippen LogP contribution is 2.18. The van der Waals surface area contributed by atoms with Gasteiger partial charge >= 0.3 is 0 Å². The smallest absolute Gasteiger partial charge is 0.164 e. The van der Waals surface area contributed by atoms with E-state index in [1.54, 1.807) is 12.4 Å². The van der Waals surface area contributed by atoms with Crippen LogP contribution in [0.1, 0.15) is 23.7 Å². The largest absolute Gasteiger partial charge is 0.317 e. The Morgan fingerprint density at radius 1 is 1.35 bits per heavy atom. The number of hydrogen-bond acceptors (Lipinski definition) is 3. The summed E-state index contributed by atoms with van der Waals surface area (Å²) in [6, 6.07) is 7.72. The summed E-state index contributed by atoms with van der Waals surface area (Å²) >= 11 is 0. The zero-order valence-electron chi connectivity index (χ0n) is 9.94. The lowest BCUT2D eigenvalue weighted by atomic mass is 10.0. The third-order valence-corrected chi connectivity index (χ3v) is 2.76. The highest BCUT2D eigenvalue weighted by molar-refractivity contribution is 6.07. The molecule has 2 rings (SSSR count). The number of nitrogens with zero attached hydrogens (tertiary/aromatic N) is 1. The Morgan fingerprint density at radius 3 is 3.06 bits per heavy atom. The monoisotopic (exact) mass is 228 g/mol. The second-order valence-electron chi connectivity index (χ2n) is 3.93. The number of hydrogen-bond donors (Lipinski definition) is 1. The van der Waals surface area contributed by atoms with Gasteiger partial charge in [0.1, 0.15) is 0 Å². The lowest BCUT2D eigenvalue weighted by Crippen LogP contribution is -2.17. The Bertz CT molecular complexity index is 517. The molecule has 1 heterocycles. The minimum absolute atomic E-state index is 0.171. The Hall–Kier alpha value is -1.74. The molecule has 0 amide bonds. The van der Waals surface area contributed by atoms with Gasteiger partial charge in [0.25, 0.3) is 0 Å². The Labute approximate surface area is 101 Å². The number of nitrogens with one attached hydrogen (secondary N) is 1. The second kappa shape index (κ2) is 5.55. The number of Topliss-reactive ketones (excluding diaryl/α,β-unsaturated/α-hetero) is 1. The second-order valence-corrected chi connectivity index (χ2v) is 3.93. The summed E-state index contributed by atoms with van der Waals surface area (Å²) in [5.41, 5.74) is 0.772. The number of pyridine rings is 1. The third-order valence-electron chi connectivity index (χ3n) is 2.76. The first-order chi connectivity index (χ1) is 8.33. The number of carbonyl (C=O) groups excluding carboxylic acids is 1. The summed E-state index contributed by atoms with van der Waals surface area (Å²) in [6.45, 7) is 3.66. The van der Waals surface area contributed by atoms with E-state index in [0.29, 0.717) is 6.42 Å². The van der Waals surface area contributed by atoms with E-state index in [-0.39, 0.29) is 5.78 Å². The van der Waals surface area contributed by atoms with E-state index in [1.165, 1.54) is 0 Å². The standard InChI is InChI=1S/C14H16N2O/c1-2-15-9-7-14(17)12-5-3-4-11-6-8-16-10-13(11)12/h3-6,8,10,15H,2,7,9H2,1H3. The molecule has 1 aromatic carbocycles. The van der Waals surface area contributed by atoms with Gasteiger partial charge in [-0.05, 0) is 18.0 Å². The molecule has 0 atom stereocenters. The maximum atomic E-state index is 12.1. The Kier molecular flexibility index (Phi) is 3.83. The zero-order chi connectivity index (χ0) is 12.1. The van der Waals surface area contributed by atoms with Crippen LogP contribution in [0.2, 0.25) is 0 Å². The molecule has 2 aromatic rings. The van der Waals surface area contributed by atoms with E-state index in [9.17, 15) is 4.79 Å². The molecule has 0 unspecified atom stereocenters. The average Bonchev–Trinajstić information content (AvgIpc) is 2.38. The normalized spacial score (nSPS) is 10.6. The first-order valence-electron chi connectivity index (χ1n) is 5.89. The van der Waals surface area contributed by atoms with Crippen molar-refractivity contribution >= 4 is 16.6 Å². The summed E-state index contributed by atoms with van der Waals surface area (Å²) in [4.78, 5) is 16.2.